The molecule has 0 heterocycles. The molecule has 8 nitrogen and oxygen atoms in total. The lowest BCUT2D eigenvalue weighted by Gasteiger charge is -2.24. The molecule has 28 heavy (non-hydrogen) atoms. The maximum atomic E-state index is 12.0. The summed E-state index contributed by atoms with van der Waals surface area (Å²) in [6, 6.07) is 0. The van der Waals surface area contributed by atoms with Gasteiger partial charge >= 0.3 is 5.97 Å². The molecule has 0 fully saturated rings. The molecule has 0 bridgehead atoms. The van der Waals surface area contributed by atoms with Crippen LogP contribution in [0.15, 0.2) is 0 Å². The van der Waals surface area contributed by atoms with Gasteiger partial charge in [-0.15, -0.1) is 0 Å². The van der Waals surface area contributed by atoms with E-state index in [2.05, 4.69) is 4.89 Å². The molecular formula is C19H34O8S. The molecule has 164 valence electrons. The number of hydrogen-bond acceptors (Lipinski definition) is 7. The van der Waals surface area contributed by atoms with Gasteiger partial charge in [0.1, 0.15) is 11.6 Å². The van der Waals surface area contributed by atoms with Crippen LogP contribution in [0.3, 0.4) is 0 Å². The summed E-state index contributed by atoms with van der Waals surface area (Å²) < 4.78 is 30.5. The van der Waals surface area contributed by atoms with Gasteiger partial charge in [-0.3, -0.25) is 14.1 Å². The Kier molecular flexibility index (Phi) is 11.1. The van der Waals surface area contributed by atoms with Crippen molar-refractivity contribution in [3.63, 3.8) is 0 Å². The molecule has 0 rings (SSSR count). The van der Waals surface area contributed by atoms with E-state index in [-0.39, 0.29) is 54.8 Å². The fraction of sp³-hybridized carbons (Fsp3) is 0.842. The minimum atomic E-state index is -4.01. The Bertz CT molecular complexity index is 634. The normalized spacial score (nSPS) is 12.6. The standard InChI is InChI=1S/C19H34O8S/c1-18(2,12-9-17(22)27-23)10-7-15(20)5-6-16(21)8-11-19(3,4)13-14-28(24,25)26/h23H,5-14H2,1-4H3,(H,24,25,26). The smallest absolute Gasteiger partial charge is 0.301 e. The van der Waals surface area contributed by atoms with Crippen LogP contribution in [0, 0.1) is 10.8 Å². The van der Waals surface area contributed by atoms with Crippen LogP contribution in [0.4, 0.5) is 0 Å². The van der Waals surface area contributed by atoms with Crippen LogP contribution in [-0.2, 0) is 29.4 Å². The van der Waals surface area contributed by atoms with Crippen molar-refractivity contribution in [1.29, 1.82) is 0 Å². The van der Waals surface area contributed by atoms with Crippen LogP contribution in [0.5, 0.6) is 0 Å². The van der Waals surface area contributed by atoms with Crippen molar-refractivity contribution >= 4 is 27.7 Å². The summed E-state index contributed by atoms with van der Waals surface area (Å²) in [5, 5.41) is 8.26. The van der Waals surface area contributed by atoms with E-state index in [9.17, 15) is 22.8 Å². The zero-order valence-electron chi connectivity index (χ0n) is 17.3. The predicted molar refractivity (Wildman–Crippen MR) is 104 cm³/mol. The second-order valence-corrected chi connectivity index (χ2v) is 10.5. The molecule has 0 unspecified atom stereocenters. The second-order valence-electron chi connectivity index (χ2n) is 8.91. The Hall–Kier alpha value is -1.32. The third kappa shape index (κ3) is 14.7. The van der Waals surface area contributed by atoms with Crippen LogP contribution in [-0.4, -0.2) is 41.5 Å². The van der Waals surface area contributed by atoms with Gasteiger partial charge in [-0.25, -0.2) is 4.79 Å². The van der Waals surface area contributed by atoms with Crippen LogP contribution in [0.25, 0.3) is 0 Å². The van der Waals surface area contributed by atoms with E-state index in [0.29, 0.717) is 25.7 Å². The summed E-state index contributed by atoms with van der Waals surface area (Å²) >= 11 is 0. The zero-order chi connectivity index (χ0) is 22.0. The fourth-order valence-electron chi connectivity index (χ4n) is 2.63. The quantitative estimate of drug-likeness (QED) is 0.232. The SMILES string of the molecule is CC(C)(CCC(=O)CCC(=O)CCC(C)(C)CCS(=O)(=O)O)CCC(=O)OO. The van der Waals surface area contributed by atoms with E-state index < -0.39 is 21.5 Å². The molecular weight excluding hydrogens is 388 g/mol. The van der Waals surface area contributed by atoms with Crippen molar-refractivity contribution in [1.82, 2.24) is 0 Å². The van der Waals surface area contributed by atoms with Crippen LogP contribution in [0.2, 0.25) is 0 Å². The topological polar surface area (TPSA) is 135 Å². The number of hydrogen-bond donors (Lipinski definition) is 2. The Morgan fingerprint density at radius 1 is 0.750 bits per heavy atom. The third-order valence-electron chi connectivity index (χ3n) is 4.99. The van der Waals surface area contributed by atoms with E-state index in [0.717, 1.165) is 0 Å². The van der Waals surface area contributed by atoms with Gasteiger partial charge in [0.15, 0.2) is 0 Å². The summed E-state index contributed by atoms with van der Waals surface area (Å²) in [6.45, 7) is 7.52. The predicted octanol–water partition coefficient (Wildman–Crippen LogP) is 3.59. The van der Waals surface area contributed by atoms with E-state index >= 15 is 0 Å². The monoisotopic (exact) mass is 422 g/mol. The van der Waals surface area contributed by atoms with E-state index in [1.54, 1.807) is 0 Å². The fourth-order valence-corrected chi connectivity index (χ4v) is 3.44. The van der Waals surface area contributed by atoms with Gasteiger partial charge in [-0.1, -0.05) is 27.7 Å². The van der Waals surface area contributed by atoms with Gasteiger partial charge in [0.25, 0.3) is 10.1 Å². The molecule has 2 N–H and O–H groups in total. The lowest BCUT2D eigenvalue weighted by molar-refractivity contribution is -0.234. The van der Waals surface area contributed by atoms with Crippen LogP contribution >= 0.6 is 0 Å². The third-order valence-corrected chi connectivity index (χ3v) is 5.71. The van der Waals surface area contributed by atoms with Gasteiger partial charge in [0.05, 0.1) is 5.75 Å². The number of rotatable bonds is 15. The number of ketones is 2. The molecule has 9 heteroatoms. The molecule has 0 radical (unpaired) electrons. The van der Waals surface area contributed by atoms with Crippen LogP contribution < -0.4 is 0 Å². The average Bonchev–Trinajstić information content (AvgIpc) is 2.59. The molecule has 0 aromatic carbocycles. The van der Waals surface area contributed by atoms with E-state index in [1.165, 1.54) is 0 Å². The highest BCUT2D eigenvalue weighted by atomic mass is 32.2. The molecule has 0 aromatic heterocycles. The lowest BCUT2D eigenvalue weighted by atomic mass is 9.82. The van der Waals surface area contributed by atoms with Gasteiger partial charge < -0.3 is 4.89 Å². The average molecular weight is 423 g/mol. The van der Waals surface area contributed by atoms with Crippen molar-refractivity contribution in [2.45, 2.75) is 85.5 Å². The van der Waals surface area contributed by atoms with Gasteiger partial charge in [0.2, 0.25) is 0 Å². The number of Topliss-reactive ketones (excluding diaryl/α,β-unsaturated/α-hetero) is 2. The summed E-state index contributed by atoms with van der Waals surface area (Å²) in [5.74, 6) is -1.10. The maximum Gasteiger partial charge on any atom is 0.342 e. The first-order chi connectivity index (χ1) is 12.7. The minimum absolute atomic E-state index is 0.0169. The van der Waals surface area contributed by atoms with Crippen molar-refractivity contribution < 1.29 is 37.5 Å². The Labute approximate surface area is 167 Å². The molecule has 0 saturated carbocycles. The van der Waals surface area contributed by atoms with Crippen molar-refractivity contribution in [3.8, 4) is 0 Å². The summed E-state index contributed by atoms with van der Waals surface area (Å²) in [7, 11) is -4.01. The first-order valence-corrected chi connectivity index (χ1v) is 11.1. The first kappa shape index (κ1) is 26.7. The first-order valence-electron chi connectivity index (χ1n) is 9.49. The largest absolute Gasteiger partial charge is 0.342 e. The zero-order valence-corrected chi connectivity index (χ0v) is 18.1. The molecule has 0 aliphatic carbocycles. The molecule has 0 aliphatic rings. The van der Waals surface area contributed by atoms with Crippen molar-refractivity contribution in [3.05, 3.63) is 0 Å². The molecule has 0 saturated heterocycles. The molecule has 0 amide bonds. The molecule has 0 atom stereocenters. The highest BCUT2D eigenvalue weighted by molar-refractivity contribution is 7.85. The van der Waals surface area contributed by atoms with Gasteiger partial charge in [0, 0.05) is 32.1 Å². The van der Waals surface area contributed by atoms with E-state index in [4.69, 9.17) is 9.81 Å². The Balaban J connectivity index is 4.14. The van der Waals surface area contributed by atoms with Crippen LogP contribution in [0.1, 0.15) is 85.5 Å². The highest BCUT2D eigenvalue weighted by Gasteiger charge is 2.23. The Morgan fingerprint density at radius 2 is 1.14 bits per heavy atom. The summed E-state index contributed by atoms with van der Waals surface area (Å²) in [5.41, 5.74) is -0.653. The summed E-state index contributed by atoms with van der Waals surface area (Å²) in [4.78, 5) is 38.6. The summed E-state index contributed by atoms with van der Waals surface area (Å²) in [6.07, 6.45) is 2.78. The maximum absolute atomic E-state index is 12.0. The molecule has 0 aromatic rings. The van der Waals surface area contributed by atoms with Gasteiger partial charge in [-0.05, 0) is 36.5 Å². The molecule has 0 spiro atoms. The van der Waals surface area contributed by atoms with Crippen molar-refractivity contribution in [2.24, 2.45) is 10.8 Å². The second kappa shape index (κ2) is 11.6. The minimum Gasteiger partial charge on any atom is -0.301 e. The number of carbonyl (C=O) groups excluding carboxylic acids is 3. The number of carbonyl (C=O) groups is 3. The highest BCUT2D eigenvalue weighted by Crippen LogP contribution is 2.29. The molecule has 0 aliphatic heterocycles. The van der Waals surface area contributed by atoms with Gasteiger partial charge in [-0.2, -0.15) is 13.7 Å². The van der Waals surface area contributed by atoms with E-state index in [1.807, 2.05) is 27.7 Å². The lowest BCUT2D eigenvalue weighted by Crippen LogP contribution is -2.19. The van der Waals surface area contributed by atoms with Crippen molar-refractivity contribution in [2.75, 3.05) is 5.75 Å². The Morgan fingerprint density at radius 3 is 1.54 bits per heavy atom.